The van der Waals surface area contributed by atoms with Gasteiger partial charge in [0, 0.05) is 25.0 Å². The number of amides is 1. The molecule has 3 nitrogen and oxygen atoms in total. The summed E-state index contributed by atoms with van der Waals surface area (Å²) >= 11 is 0. The summed E-state index contributed by atoms with van der Waals surface area (Å²) in [4.78, 5) is 14.5. The van der Waals surface area contributed by atoms with Crippen molar-refractivity contribution in [2.75, 3.05) is 6.54 Å². The second kappa shape index (κ2) is 6.40. The average molecular weight is 274 g/mol. The lowest BCUT2D eigenvalue weighted by molar-refractivity contribution is -0.136. The molecule has 1 unspecified atom stereocenters. The first-order valence-electron chi connectivity index (χ1n) is 7.72. The molecule has 0 aliphatic carbocycles. The standard InChI is InChI=1S/C17H26N2O/c1-4-13(5-2)17(20)19-9-8-14-6-7-15(12(3)18)10-16(14)11-19/h6-7,10,12-13H,4-5,8-9,11,18H2,1-3H3. The molecule has 1 aliphatic heterocycles. The number of carbonyl (C=O) groups excluding carboxylic acids is 1. The van der Waals surface area contributed by atoms with Gasteiger partial charge in [0.1, 0.15) is 0 Å². The van der Waals surface area contributed by atoms with Gasteiger partial charge in [0.15, 0.2) is 0 Å². The van der Waals surface area contributed by atoms with E-state index in [-0.39, 0.29) is 12.0 Å². The maximum Gasteiger partial charge on any atom is 0.225 e. The van der Waals surface area contributed by atoms with E-state index in [0.29, 0.717) is 5.91 Å². The second-order valence-corrected chi connectivity index (χ2v) is 5.84. The average Bonchev–Trinajstić information content (AvgIpc) is 2.47. The fraction of sp³-hybridized carbons (Fsp3) is 0.588. The van der Waals surface area contributed by atoms with Crippen LogP contribution in [0.2, 0.25) is 0 Å². The number of hydrogen-bond donors (Lipinski definition) is 1. The van der Waals surface area contributed by atoms with Crippen LogP contribution >= 0.6 is 0 Å². The molecule has 0 radical (unpaired) electrons. The predicted molar refractivity (Wildman–Crippen MR) is 82.2 cm³/mol. The molecule has 0 aromatic heterocycles. The highest BCUT2D eigenvalue weighted by molar-refractivity contribution is 5.79. The normalized spacial score (nSPS) is 16.1. The van der Waals surface area contributed by atoms with E-state index in [1.807, 2.05) is 11.8 Å². The molecule has 0 spiro atoms. The maximum atomic E-state index is 12.5. The first-order valence-corrected chi connectivity index (χ1v) is 7.72. The summed E-state index contributed by atoms with van der Waals surface area (Å²) in [6.07, 6.45) is 2.82. The highest BCUT2D eigenvalue weighted by atomic mass is 16.2. The largest absolute Gasteiger partial charge is 0.338 e. The summed E-state index contributed by atoms with van der Waals surface area (Å²) in [7, 11) is 0. The van der Waals surface area contributed by atoms with Crippen molar-refractivity contribution in [1.82, 2.24) is 4.90 Å². The number of nitrogens with two attached hydrogens (primary N) is 1. The van der Waals surface area contributed by atoms with Crippen LogP contribution in [-0.4, -0.2) is 17.4 Å². The Bertz CT molecular complexity index is 478. The Morgan fingerprint density at radius 2 is 2.00 bits per heavy atom. The lowest BCUT2D eigenvalue weighted by Crippen LogP contribution is -2.39. The van der Waals surface area contributed by atoms with Crippen LogP contribution in [0.3, 0.4) is 0 Å². The minimum Gasteiger partial charge on any atom is -0.338 e. The van der Waals surface area contributed by atoms with Gasteiger partial charge in [0.05, 0.1) is 0 Å². The zero-order valence-electron chi connectivity index (χ0n) is 12.9. The minimum absolute atomic E-state index is 0.0467. The van der Waals surface area contributed by atoms with Crippen LogP contribution in [0.25, 0.3) is 0 Å². The fourth-order valence-electron chi connectivity index (χ4n) is 2.94. The third-order valence-corrected chi connectivity index (χ3v) is 4.41. The number of benzene rings is 1. The number of hydrogen-bond acceptors (Lipinski definition) is 2. The molecule has 0 saturated carbocycles. The van der Waals surface area contributed by atoms with Crippen LogP contribution in [0.1, 0.15) is 56.3 Å². The van der Waals surface area contributed by atoms with Crippen LogP contribution in [0.4, 0.5) is 0 Å². The molecule has 1 aliphatic rings. The van der Waals surface area contributed by atoms with Gasteiger partial charge in [0.2, 0.25) is 5.91 Å². The van der Waals surface area contributed by atoms with Crippen molar-refractivity contribution in [3.05, 3.63) is 34.9 Å². The minimum atomic E-state index is 0.0467. The van der Waals surface area contributed by atoms with Crippen molar-refractivity contribution in [3.8, 4) is 0 Å². The van der Waals surface area contributed by atoms with E-state index in [1.54, 1.807) is 0 Å². The molecule has 0 fully saturated rings. The molecule has 0 saturated heterocycles. The fourth-order valence-corrected chi connectivity index (χ4v) is 2.94. The molecule has 0 bridgehead atoms. The highest BCUT2D eigenvalue weighted by Crippen LogP contribution is 2.24. The van der Waals surface area contributed by atoms with E-state index >= 15 is 0 Å². The highest BCUT2D eigenvalue weighted by Gasteiger charge is 2.25. The van der Waals surface area contributed by atoms with Crippen LogP contribution in [0, 0.1) is 5.92 Å². The van der Waals surface area contributed by atoms with Crippen molar-refractivity contribution in [1.29, 1.82) is 0 Å². The molecular formula is C17H26N2O. The number of nitrogens with zero attached hydrogens (tertiary/aromatic N) is 1. The molecule has 1 aromatic rings. The maximum absolute atomic E-state index is 12.5. The first kappa shape index (κ1) is 15.0. The van der Waals surface area contributed by atoms with E-state index in [9.17, 15) is 4.79 Å². The van der Waals surface area contributed by atoms with Crippen LogP contribution in [0.5, 0.6) is 0 Å². The zero-order chi connectivity index (χ0) is 14.7. The smallest absolute Gasteiger partial charge is 0.225 e. The van der Waals surface area contributed by atoms with Gasteiger partial charge in [-0.05, 0) is 42.9 Å². The third kappa shape index (κ3) is 3.04. The van der Waals surface area contributed by atoms with Crippen LogP contribution < -0.4 is 5.73 Å². The Kier molecular flexibility index (Phi) is 4.81. The van der Waals surface area contributed by atoms with Crippen molar-refractivity contribution in [2.45, 2.75) is 52.6 Å². The molecule has 1 atom stereocenters. The molecule has 1 amide bonds. The van der Waals surface area contributed by atoms with E-state index < -0.39 is 0 Å². The Morgan fingerprint density at radius 3 is 2.60 bits per heavy atom. The van der Waals surface area contributed by atoms with Gasteiger partial charge in [0.25, 0.3) is 0 Å². The molecule has 3 heteroatoms. The third-order valence-electron chi connectivity index (χ3n) is 4.41. The van der Waals surface area contributed by atoms with Crippen molar-refractivity contribution >= 4 is 5.91 Å². The summed E-state index contributed by atoms with van der Waals surface area (Å²) in [6, 6.07) is 6.51. The lowest BCUT2D eigenvalue weighted by Gasteiger charge is -2.32. The van der Waals surface area contributed by atoms with Crippen LogP contribution in [-0.2, 0) is 17.8 Å². The van der Waals surface area contributed by atoms with Gasteiger partial charge < -0.3 is 10.6 Å². The molecule has 2 rings (SSSR count). The van der Waals surface area contributed by atoms with Crippen molar-refractivity contribution in [3.63, 3.8) is 0 Å². The predicted octanol–water partition coefficient (Wildman–Crippen LogP) is 3.03. The number of carbonyl (C=O) groups is 1. The van der Waals surface area contributed by atoms with Crippen LogP contribution in [0.15, 0.2) is 18.2 Å². The molecule has 2 N–H and O–H groups in total. The summed E-state index contributed by atoms with van der Waals surface area (Å²) in [5, 5.41) is 0. The van der Waals surface area contributed by atoms with E-state index in [4.69, 9.17) is 5.73 Å². The first-order chi connectivity index (χ1) is 9.56. The SMILES string of the molecule is CCC(CC)C(=O)N1CCc2ccc(C(C)N)cc2C1. The Labute approximate surface area is 122 Å². The molecule has 110 valence electrons. The molecule has 20 heavy (non-hydrogen) atoms. The van der Waals surface area contributed by atoms with E-state index in [2.05, 4.69) is 32.0 Å². The topological polar surface area (TPSA) is 46.3 Å². The molecule has 1 heterocycles. The van der Waals surface area contributed by atoms with Gasteiger partial charge in [-0.1, -0.05) is 32.0 Å². The quantitative estimate of drug-likeness (QED) is 0.917. The summed E-state index contributed by atoms with van der Waals surface area (Å²) in [5.41, 5.74) is 9.74. The van der Waals surface area contributed by atoms with Gasteiger partial charge >= 0.3 is 0 Å². The molecular weight excluding hydrogens is 248 g/mol. The second-order valence-electron chi connectivity index (χ2n) is 5.84. The van der Waals surface area contributed by atoms with Gasteiger partial charge in [-0.15, -0.1) is 0 Å². The van der Waals surface area contributed by atoms with Crippen molar-refractivity contribution < 1.29 is 4.79 Å². The molecule has 1 aromatic carbocycles. The number of fused-ring (bicyclic) bond motifs is 1. The Hall–Kier alpha value is -1.35. The number of rotatable bonds is 4. The Balaban J connectivity index is 2.17. The van der Waals surface area contributed by atoms with E-state index in [0.717, 1.165) is 37.9 Å². The monoisotopic (exact) mass is 274 g/mol. The summed E-state index contributed by atoms with van der Waals surface area (Å²) in [5.74, 6) is 0.486. The zero-order valence-corrected chi connectivity index (χ0v) is 12.9. The van der Waals surface area contributed by atoms with Gasteiger partial charge in [-0.3, -0.25) is 4.79 Å². The van der Waals surface area contributed by atoms with Gasteiger partial charge in [-0.25, -0.2) is 0 Å². The summed E-state index contributed by atoms with van der Waals surface area (Å²) in [6.45, 7) is 7.78. The van der Waals surface area contributed by atoms with Gasteiger partial charge in [-0.2, -0.15) is 0 Å². The lowest BCUT2D eigenvalue weighted by atomic mass is 9.94. The summed E-state index contributed by atoms with van der Waals surface area (Å²) < 4.78 is 0. The Morgan fingerprint density at radius 1 is 1.30 bits per heavy atom. The van der Waals surface area contributed by atoms with E-state index in [1.165, 1.54) is 11.1 Å². The van der Waals surface area contributed by atoms with Crippen molar-refractivity contribution in [2.24, 2.45) is 11.7 Å².